The number of hydrogen-bond acceptors (Lipinski definition) is 3. The van der Waals surface area contributed by atoms with Crippen LogP contribution in [0.4, 0.5) is 9.18 Å². The van der Waals surface area contributed by atoms with Crippen LogP contribution in [0.2, 0.25) is 0 Å². The zero-order valence-corrected chi connectivity index (χ0v) is 14.7. The van der Waals surface area contributed by atoms with Crippen LogP contribution in [-0.4, -0.2) is 24.8 Å². The molecule has 1 aromatic rings. The maximum Gasteiger partial charge on any atom is 0.407 e. The van der Waals surface area contributed by atoms with Crippen LogP contribution in [0.5, 0.6) is 0 Å². The molecule has 22 heavy (non-hydrogen) atoms. The number of benzene rings is 1. The first kappa shape index (κ1) is 18.6. The molecule has 0 saturated carbocycles. The Morgan fingerprint density at radius 3 is 2.64 bits per heavy atom. The van der Waals surface area contributed by atoms with Crippen molar-refractivity contribution in [2.75, 3.05) is 13.1 Å². The van der Waals surface area contributed by atoms with Crippen LogP contribution in [0.1, 0.15) is 26.3 Å². The van der Waals surface area contributed by atoms with E-state index < -0.39 is 11.7 Å². The number of hydrogen-bond donors (Lipinski definition) is 2. The summed E-state index contributed by atoms with van der Waals surface area (Å²) in [5, 5.41) is 5.84. The molecule has 0 unspecified atom stereocenters. The van der Waals surface area contributed by atoms with E-state index in [0.29, 0.717) is 19.6 Å². The molecule has 1 amide bonds. The van der Waals surface area contributed by atoms with Gasteiger partial charge in [0.1, 0.15) is 11.4 Å². The average Bonchev–Trinajstić information content (AvgIpc) is 2.37. The normalized spacial score (nSPS) is 11.7. The minimum absolute atomic E-state index is 0.260. The lowest BCUT2D eigenvalue weighted by Gasteiger charge is -2.19. The van der Waals surface area contributed by atoms with Gasteiger partial charge in [-0.1, -0.05) is 34.1 Å². The molecular formula is C16H22BrFN2O2. The van der Waals surface area contributed by atoms with E-state index in [1.165, 1.54) is 12.1 Å². The first-order valence-electron chi connectivity index (χ1n) is 7.04. The molecule has 0 fully saturated rings. The smallest absolute Gasteiger partial charge is 0.407 e. The monoisotopic (exact) mass is 372 g/mol. The number of rotatable bonds is 6. The summed E-state index contributed by atoms with van der Waals surface area (Å²) in [6.07, 6.45) is 3.33. The average molecular weight is 373 g/mol. The highest BCUT2D eigenvalue weighted by atomic mass is 79.9. The molecule has 0 bridgehead atoms. The number of ether oxygens (including phenoxy) is 1. The first-order chi connectivity index (χ1) is 10.3. The predicted octanol–water partition coefficient (Wildman–Crippen LogP) is 3.76. The van der Waals surface area contributed by atoms with Crippen molar-refractivity contribution in [3.63, 3.8) is 0 Å². The Bertz CT molecular complexity index is 527. The lowest BCUT2D eigenvalue weighted by atomic mass is 10.2. The molecule has 122 valence electrons. The van der Waals surface area contributed by atoms with Gasteiger partial charge in [-0.05, 0) is 38.5 Å². The summed E-state index contributed by atoms with van der Waals surface area (Å²) >= 11 is 3.32. The van der Waals surface area contributed by atoms with Crippen molar-refractivity contribution in [1.82, 2.24) is 10.6 Å². The number of amides is 1. The van der Waals surface area contributed by atoms with Crippen molar-refractivity contribution in [1.29, 1.82) is 0 Å². The Hall–Kier alpha value is -1.40. The van der Waals surface area contributed by atoms with Gasteiger partial charge >= 0.3 is 6.09 Å². The second-order valence-electron chi connectivity index (χ2n) is 5.72. The minimum Gasteiger partial charge on any atom is -0.444 e. The Balaban J connectivity index is 2.18. The van der Waals surface area contributed by atoms with Crippen LogP contribution in [-0.2, 0) is 11.3 Å². The number of carbonyl (C=O) groups is 1. The molecule has 6 heteroatoms. The van der Waals surface area contributed by atoms with Crippen molar-refractivity contribution >= 4 is 22.0 Å². The fourth-order valence-corrected chi connectivity index (χ4v) is 2.07. The zero-order chi connectivity index (χ0) is 16.6. The van der Waals surface area contributed by atoms with Gasteiger partial charge in [-0.15, -0.1) is 0 Å². The summed E-state index contributed by atoms with van der Waals surface area (Å²) in [4.78, 5) is 11.4. The van der Waals surface area contributed by atoms with Crippen LogP contribution in [0.15, 0.2) is 34.8 Å². The maximum atomic E-state index is 12.9. The van der Waals surface area contributed by atoms with E-state index in [1.807, 2.05) is 32.9 Å². The SMILES string of the molecule is CC(C)(C)OC(=O)NC/C=C/CNCc1ccc(F)cc1Br. The molecule has 0 atom stereocenters. The highest BCUT2D eigenvalue weighted by Crippen LogP contribution is 2.17. The van der Waals surface area contributed by atoms with E-state index in [9.17, 15) is 9.18 Å². The maximum absolute atomic E-state index is 12.9. The second-order valence-corrected chi connectivity index (χ2v) is 6.58. The first-order valence-corrected chi connectivity index (χ1v) is 7.84. The van der Waals surface area contributed by atoms with Gasteiger partial charge in [0.25, 0.3) is 0 Å². The number of nitrogens with one attached hydrogen (secondary N) is 2. The lowest BCUT2D eigenvalue weighted by Crippen LogP contribution is -2.32. The van der Waals surface area contributed by atoms with Crippen molar-refractivity contribution in [2.24, 2.45) is 0 Å². The van der Waals surface area contributed by atoms with Gasteiger partial charge in [0.05, 0.1) is 0 Å². The minimum atomic E-state index is -0.488. The Morgan fingerprint density at radius 2 is 2.00 bits per heavy atom. The zero-order valence-electron chi connectivity index (χ0n) is 13.1. The van der Waals surface area contributed by atoms with Gasteiger partial charge in [-0.25, -0.2) is 9.18 Å². The highest BCUT2D eigenvalue weighted by molar-refractivity contribution is 9.10. The van der Waals surface area contributed by atoms with E-state index in [0.717, 1.165) is 10.0 Å². The summed E-state index contributed by atoms with van der Waals surface area (Å²) in [5.41, 5.74) is 0.499. The molecule has 1 rings (SSSR count). The van der Waals surface area contributed by atoms with Gasteiger partial charge in [0.15, 0.2) is 0 Å². The predicted molar refractivity (Wildman–Crippen MR) is 89.2 cm³/mol. The van der Waals surface area contributed by atoms with E-state index in [1.54, 1.807) is 6.07 Å². The van der Waals surface area contributed by atoms with Gasteiger partial charge < -0.3 is 15.4 Å². The van der Waals surface area contributed by atoms with Crippen molar-refractivity contribution in [3.05, 3.63) is 46.2 Å². The second kappa shape index (κ2) is 8.90. The van der Waals surface area contributed by atoms with Gasteiger partial charge in [0, 0.05) is 24.1 Å². The van der Waals surface area contributed by atoms with E-state index in [2.05, 4.69) is 26.6 Å². The van der Waals surface area contributed by atoms with Gasteiger partial charge in [0.2, 0.25) is 0 Å². The quantitative estimate of drug-likeness (QED) is 0.590. The molecule has 0 aliphatic rings. The van der Waals surface area contributed by atoms with Gasteiger partial charge in [-0.2, -0.15) is 0 Å². The van der Waals surface area contributed by atoms with Crippen molar-refractivity contribution < 1.29 is 13.9 Å². The van der Waals surface area contributed by atoms with Crippen molar-refractivity contribution in [2.45, 2.75) is 32.9 Å². The number of halogens is 2. The molecular weight excluding hydrogens is 351 g/mol. The third kappa shape index (κ3) is 8.14. The Kier molecular flexibility index (Phi) is 7.55. The summed E-state index contributed by atoms with van der Waals surface area (Å²) in [6, 6.07) is 4.61. The third-order valence-corrected chi connectivity index (χ3v) is 3.26. The molecule has 2 N–H and O–H groups in total. The van der Waals surface area contributed by atoms with Gasteiger partial charge in [-0.3, -0.25) is 0 Å². The molecule has 0 spiro atoms. The lowest BCUT2D eigenvalue weighted by molar-refractivity contribution is 0.0534. The Labute approximate surface area is 139 Å². The molecule has 0 aliphatic carbocycles. The molecule has 4 nitrogen and oxygen atoms in total. The molecule has 1 aromatic carbocycles. The molecule has 0 radical (unpaired) electrons. The molecule has 0 heterocycles. The molecule has 0 aromatic heterocycles. The van der Waals surface area contributed by atoms with Crippen LogP contribution >= 0.6 is 15.9 Å². The fraction of sp³-hybridized carbons (Fsp3) is 0.438. The fourth-order valence-electron chi connectivity index (χ4n) is 1.58. The van der Waals surface area contributed by atoms with E-state index in [-0.39, 0.29) is 5.82 Å². The van der Waals surface area contributed by atoms with Crippen molar-refractivity contribution in [3.8, 4) is 0 Å². The Morgan fingerprint density at radius 1 is 1.32 bits per heavy atom. The van der Waals surface area contributed by atoms with Crippen LogP contribution in [0.3, 0.4) is 0 Å². The summed E-state index contributed by atoms with van der Waals surface area (Å²) in [5.74, 6) is -0.260. The van der Waals surface area contributed by atoms with Crippen LogP contribution < -0.4 is 10.6 Å². The standard InChI is InChI=1S/C16H22BrFN2O2/c1-16(2,3)22-15(21)20-9-5-4-8-19-11-12-6-7-13(18)10-14(12)17/h4-7,10,19H,8-9,11H2,1-3H3,(H,20,21)/b5-4+. The third-order valence-electron chi connectivity index (χ3n) is 2.52. The summed E-state index contributed by atoms with van der Waals surface area (Å²) < 4.78 is 18.8. The van der Waals surface area contributed by atoms with Crippen LogP contribution in [0, 0.1) is 5.82 Å². The summed E-state index contributed by atoms with van der Waals surface area (Å²) in [7, 11) is 0. The van der Waals surface area contributed by atoms with E-state index in [4.69, 9.17) is 4.74 Å². The largest absolute Gasteiger partial charge is 0.444 e. The summed E-state index contributed by atoms with van der Waals surface area (Å²) in [6.45, 7) is 7.15. The van der Waals surface area contributed by atoms with E-state index >= 15 is 0 Å². The highest BCUT2D eigenvalue weighted by Gasteiger charge is 2.14. The van der Waals surface area contributed by atoms with Crippen LogP contribution in [0.25, 0.3) is 0 Å². The topological polar surface area (TPSA) is 50.4 Å². The number of carbonyl (C=O) groups excluding carboxylic acids is 1. The number of alkyl carbamates (subject to hydrolysis) is 1. The molecule has 0 saturated heterocycles. The molecule has 0 aliphatic heterocycles.